The van der Waals surface area contributed by atoms with Crippen molar-refractivity contribution in [1.29, 1.82) is 0 Å². The first-order chi connectivity index (χ1) is 10.7. The van der Waals surface area contributed by atoms with Gasteiger partial charge < -0.3 is 4.74 Å². The van der Waals surface area contributed by atoms with E-state index >= 15 is 0 Å². The van der Waals surface area contributed by atoms with Crippen molar-refractivity contribution >= 4 is 29.6 Å². The lowest BCUT2D eigenvalue weighted by Gasteiger charge is -2.01. The van der Waals surface area contributed by atoms with Crippen LogP contribution in [0.5, 0.6) is 0 Å². The highest BCUT2D eigenvalue weighted by Crippen LogP contribution is 2.28. The molecule has 1 heterocycles. The topological polar surface area (TPSA) is 26.3 Å². The van der Waals surface area contributed by atoms with Gasteiger partial charge in [-0.2, -0.15) is 0 Å². The van der Waals surface area contributed by atoms with E-state index in [4.69, 9.17) is 4.74 Å². The zero-order valence-electron chi connectivity index (χ0n) is 12.5. The van der Waals surface area contributed by atoms with E-state index in [1.807, 2.05) is 67.8 Å². The van der Waals surface area contributed by atoms with Gasteiger partial charge in [0, 0.05) is 10.5 Å². The maximum absolute atomic E-state index is 12.0. The number of thioether (sulfide) groups is 1. The number of esters is 1. The lowest BCUT2D eigenvalue weighted by Crippen LogP contribution is -1.97. The summed E-state index contributed by atoms with van der Waals surface area (Å²) < 4.78 is 5.37. The van der Waals surface area contributed by atoms with Crippen molar-refractivity contribution in [2.45, 2.75) is 11.8 Å². The summed E-state index contributed by atoms with van der Waals surface area (Å²) in [6.07, 6.45) is 5.70. The summed E-state index contributed by atoms with van der Waals surface area (Å²) in [5.74, 6) is 0.307. The largest absolute Gasteiger partial charge is 0.422 e. The molecule has 3 rings (SSSR count). The van der Waals surface area contributed by atoms with E-state index in [1.165, 1.54) is 10.5 Å². The van der Waals surface area contributed by atoms with E-state index in [-0.39, 0.29) is 5.97 Å². The fourth-order valence-electron chi connectivity index (χ4n) is 2.23. The van der Waals surface area contributed by atoms with E-state index in [9.17, 15) is 4.79 Å². The van der Waals surface area contributed by atoms with Crippen molar-refractivity contribution in [3.05, 3.63) is 76.9 Å². The fraction of sp³-hybridized carbons (Fsp3) is 0.105. The van der Waals surface area contributed by atoms with Crippen LogP contribution in [0.1, 0.15) is 16.7 Å². The summed E-state index contributed by atoms with van der Waals surface area (Å²) in [6.45, 7) is 2.03. The number of ether oxygens (including phenoxy) is 1. The lowest BCUT2D eigenvalue weighted by atomic mass is 10.1. The van der Waals surface area contributed by atoms with Gasteiger partial charge in [0.25, 0.3) is 0 Å². The number of rotatable bonds is 3. The van der Waals surface area contributed by atoms with E-state index in [0.29, 0.717) is 11.3 Å². The Balaban J connectivity index is 1.88. The first kappa shape index (κ1) is 14.7. The molecular formula is C19H16O2S. The Morgan fingerprint density at radius 1 is 1.00 bits per heavy atom. The van der Waals surface area contributed by atoms with Crippen LogP contribution in [0.2, 0.25) is 0 Å². The molecule has 0 N–H and O–H groups in total. The Bertz CT molecular complexity index is 753. The van der Waals surface area contributed by atoms with Crippen LogP contribution in [0.15, 0.2) is 65.1 Å². The molecule has 0 spiro atoms. The van der Waals surface area contributed by atoms with Gasteiger partial charge in [-0.25, -0.2) is 4.79 Å². The number of carbonyl (C=O) groups is 1. The van der Waals surface area contributed by atoms with Crippen molar-refractivity contribution in [2.24, 2.45) is 0 Å². The highest BCUT2D eigenvalue weighted by molar-refractivity contribution is 7.98. The summed E-state index contributed by atoms with van der Waals surface area (Å²) in [7, 11) is 0. The molecule has 0 fully saturated rings. The molecule has 2 nitrogen and oxygen atoms in total. The van der Waals surface area contributed by atoms with Crippen molar-refractivity contribution in [1.82, 2.24) is 0 Å². The number of benzene rings is 2. The third-order valence-electron chi connectivity index (χ3n) is 3.50. The second kappa shape index (κ2) is 6.24. The van der Waals surface area contributed by atoms with E-state index in [2.05, 4.69) is 0 Å². The van der Waals surface area contributed by atoms with Crippen LogP contribution in [-0.4, -0.2) is 12.2 Å². The molecule has 0 radical (unpaired) electrons. The van der Waals surface area contributed by atoms with Crippen LogP contribution >= 0.6 is 11.8 Å². The molecule has 0 aromatic heterocycles. The minimum absolute atomic E-state index is 0.301. The third-order valence-corrected chi connectivity index (χ3v) is 4.24. The fourth-order valence-corrected chi connectivity index (χ4v) is 2.64. The Morgan fingerprint density at radius 3 is 2.32 bits per heavy atom. The third kappa shape index (κ3) is 3.15. The molecule has 110 valence electrons. The van der Waals surface area contributed by atoms with Crippen LogP contribution in [-0.2, 0) is 9.53 Å². The second-order valence-electron chi connectivity index (χ2n) is 5.14. The first-order valence-corrected chi connectivity index (χ1v) is 8.25. The quantitative estimate of drug-likeness (QED) is 0.467. The highest BCUT2D eigenvalue weighted by atomic mass is 32.2. The molecule has 1 aliphatic heterocycles. The average Bonchev–Trinajstić information content (AvgIpc) is 2.90. The Morgan fingerprint density at radius 2 is 1.68 bits per heavy atom. The summed E-state index contributed by atoms with van der Waals surface area (Å²) in [5, 5.41) is 0. The summed E-state index contributed by atoms with van der Waals surface area (Å²) in [4.78, 5) is 13.2. The zero-order chi connectivity index (χ0) is 15.5. The van der Waals surface area contributed by atoms with Gasteiger partial charge in [-0.3, -0.25) is 0 Å². The second-order valence-corrected chi connectivity index (χ2v) is 6.02. The van der Waals surface area contributed by atoms with Crippen LogP contribution in [0.4, 0.5) is 0 Å². The smallest absolute Gasteiger partial charge is 0.343 e. The highest BCUT2D eigenvalue weighted by Gasteiger charge is 2.21. The molecule has 2 aromatic rings. The zero-order valence-corrected chi connectivity index (χ0v) is 13.3. The predicted octanol–water partition coefficient (Wildman–Crippen LogP) is 4.70. The normalized spacial score (nSPS) is 15.8. The van der Waals surface area contributed by atoms with Gasteiger partial charge in [0.2, 0.25) is 0 Å². The molecule has 0 amide bonds. The van der Waals surface area contributed by atoms with Gasteiger partial charge in [0.05, 0.1) is 5.57 Å². The average molecular weight is 308 g/mol. The lowest BCUT2D eigenvalue weighted by molar-refractivity contribution is -0.130. The van der Waals surface area contributed by atoms with Crippen LogP contribution in [0, 0.1) is 6.92 Å². The molecule has 3 heteroatoms. The molecular weight excluding hydrogens is 292 g/mol. The SMILES string of the molecule is CSc1ccc(/C=C2/C=C(c3ccc(C)cc3)OC2=O)cc1. The van der Waals surface area contributed by atoms with E-state index in [0.717, 1.165) is 11.1 Å². The predicted molar refractivity (Wildman–Crippen MR) is 91.4 cm³/mol. The van der Waals surface area contributed by atoms with Crippen LogP contribution in [0.25, 0.3) is 11.8 Å². The van der Waals surface area contributed by atoms with Crippen molar-refractivity contribution in [2.75, 3.05) is 6.26 Å². The maximum atomic E-state index is 12.0. The molecule has 0 unspecified atom stereocenters. The molecule has 0 saturated carbocycles. The van der Waals surface area contributed by atoms with E-state index in [1.54, 1.807) is 17.8 Å². The number of hydrogen-bond acceptors (Lipinski definition) is 3. The Labute approximate surface area is 134 Å². The van der Waals surface area contributed by atoms with Crippen LogP contribution < -0.4 is 0 Å². The van der Waals surface area contributed by atoms with Gasteiger partial charge in [-0.05, 0) is 43.0 Å². The van der Waals surface area contributed by atoms with Crippen molar-refractivity contribution in [3.8, 4) is 0 Å². The molecule has 0 saturated heterocycles. The first-order valence-electron chi connectivity index (χ1n) is 7.02. The number of cyclic esters (lactones) is 1. The van der Waals surface area contributed by atoms with Gasteiger partial charge in [0.15, 0.2) is 0 Å². The Kier molecular flexibility index (Phi) is 4.16. The van der Waals surface area contributed by atoms with Gasteiger partial charge >= 0.3 is 5.97 Å². The number of carbonyl (C=O) groups excluding carboxylic acids is 1. The molecule has 2 aromatic carbocycles. The minimum atomic E-state index is -0.301. The van der Waals surface area contributed by atoms with Gasteiger partial charge in [0.1, 0.15) is 5.76 Å². The molecule has 0 aliphatic carbocycles. The standard InChI is InChI=1S/C19H16O2S/c1-13-3-7-15(8-4-13)18-12-16(19(20)21-18)11-14-5-9-17(22-2)10-6-14/h3-12H,1-2H3/b16-11-. The molecule has 0 atom stereocenters. The number of aryl methyl sites for hydroxylation is 1. The maximum Gasteiger partial charge on any atom is 0.343 e. The number of hydrogen-bond donors (Lipinski definition) is 0. The molecule has 0 bridgehead atoms. The van der Waals surface area contributed by atoms with Crippen LogP contribution in [0.3, 0.4) is 0 Å². The monoisotopic (exact) mass is 308 g/mol. The van der Waals surface area contributed by atoms with Crippen molar-refractivity contribution in [3.63, 3.8) is 0 Å². The van der Waals surface area contributed by atoms with Gasteiger partial charge in [-0.15, -0.1) is 11.8 Å². The van der Waals surface area contributed by atoms with E-state index < -0.39 is 0 Å². The summed E-state index contributed by atoms with van der Waals surface area (Å²) >= 11 is 1.70. The minimum Gasteiger partial charge on any atom is -0.422 e. The molecule has 22 heavy (non-hydrogen) atoms. The summed E-state index contributed by atoms with van der Waals surface area (Å²) in [5.41, 5.74) is 3.66. The van der Waals surface area contributed by atoms with Gasteiger partial charge in [-0.1, -0.05) is 42.0 Å². The molecule has 1 aliphatic rings. The Hall–Kier alpha value is -2.26. The van der Waals surface area contributed by atoms with Crippen molar-refractivity contribution < 1.29 is 9.53 Å². The summed E-state index contributed by atoms with van der Waals surface area (Å²) in [6, 6.07) is 16.0.